The Morgan fingerprint density at radius 2 is 0.449 bits per heavy atom. The molecule has 0 unspecified atom stereocenters. The van der Waals surface area contributed by atoms with Crippen molar-refractivity contribution in [2.45, 2.75) is 120 Å². The minimum Gasteiger partial charge on any atom is -0.459 e. The van der Waals surface area contributed by atoms with E-state index < -0.39 is 250 Å². The maximum Gasteiger partial charge on any atom is 0.465 e. The van der Waals surface area contributed by atoms with E-state index in [4.69, 9.17) is 0 Å². The van der Waals surface area contributed by atoms with Crippen LogP contribution >= 0.6 is 0 Å². The van der Waals surface area contributed by atoms with Gasteiger partial charge in [-0.15, -0.1) is 0 Å². The largest absolute Gasteiger partial charge is 0.465 e. The van der Waals surface area contributed by atoms with Gasteiger partial charge in [-0.05, 0) is 20.8 Å². The first-order valence-corrected chi connectivity index (χ1v) is 27.1. The molecule has 0 N–H and O–H groups in total. The SMILES string of the molecule is C=C(C)C(=O)OCCOC(=O)C(F)(F)C(F)(F)F.C=C(C)C(=O)OCCOC(=O)C(F)(F)CC(F)(F)F.C=C(C)C(=O)OCCOC(=O)C(F)(F)CC(F)F.C=CC(=O)OCCOC(=O)C(F)(F)C(F)(F)F.C=CC(=O)OCCOC(=O)C(F)(F)CC(F)(F)F.C=CC(=O)OCCOC(=O)C(F)(F)CC(F)F. The fourth-order valence-corrected chi connectivity index (χ4v) is 4.22. The van der Waals surface area contributed by atoms with Gasteiger partial charge < -0.3 is 56.8 Å². The van der Waals surface area contributed by atoms with Gasteiger partial charge in [0.2, 0.25) is 12.9 Å². The van der Waals surface area contributed by atoms with Crippen LogP contribution in [0.4, 0.5) is 123 Å². The van der Waals surface area contributed by atoms with Gasteiger partial charge in [-0.1, -0.05) is 39.5 Å². The third-order valence-corrected chi connectivity index (χ3v) is 8.96. The predicted octanol–water partition coefficient (Wildman–Crippen LogP) is 10.9. The third kappa shape index (κ3) is 53.5. The fourth-order valence-electron chi connectivity index (χ4n) is 4.22. The summed E-state index contributed by atoms with van der Waals surface area (Å²) in [5.74, 6) is -48.4. The van der Waals surface area contributed by atoms with E-state index in [9.17, 15) is 180 Å². The molecular weight excluding hydrogens is 1580 g/mol. The van der Waals surface area contributed by atoms with Gasteiger partial charge in [0.05, 0.1) is 12.8 Å². The summed E-state index contributed by atoms with van der Waals surface area (Å²) in [6.45, 7) is 14.8. The Kier molecular flexibility index (Phi) is 50.3. The molecule has 0 atom stereocenters. The van der Waals surface area contributed by atoms with Crippen molar-refractivity contribution in [2.24, 2.45) is 0 Å². The van der Waals surface area contributed by atoms with E-state index in [-0.39, 0.29) is 16.7 Å². The molecule has 0 heterocycles. The minimum absolute atomic E-state index is 0.00180. The Labute approximate surface area is 581 Å². The van der Waals surface area contributed by atoms with Crippen molar-refractivity contribution in [3.63, 3.8) is 0 Å². The van der Waals surface area contributed by atoms with Crippen molar-refractivity contribution in [1.82, 2.24) is 0 Å². The molecule has 0 aromatic heterocycles. The number of rotatable bonds is 36. The summed E-state index contributed by atoms with van der Waals surface area (Å²) in [7, 11) is 0. The number of carbonyl (C=O) groups excluding carboxylic acids is 12. The highest BCUT2D eigenvalue weighted by molar-refractivity contribution is 5.88. The van der Waals surface area contributed by atoms with Crippen LogP contribution in [0.5, 0.6) is 0 Å². The maximum atomic E-state index is 12.7. The molecule has 52 heteroatoms. The molecule has 0 aliphatic carbocycles. The molecule has 0 aromatic rings. The van der Waals surface area contributed by atoms with Crippen LogP contribution in [0.15, 0.2) is 74.4 Å². The Bertz CT molecular complexity index is 2960. The molecule has 0 radical (unpaired) electrons. The van der Waals surface area contributed by atoms with Crippen LogP contribution in [-0.4, -0.2) is 224 Å². The number of ether oxygens (including phenoxy) is 12. The highest BCUT2D eigenvalue weighted by atomic mass is 19.4. The molecule has 0 saturated carbocycles. The predicted molar refractivity (Wildman–Crippen MR) is 291 cm³/mol. The Morgan fingerprint density at radius 3 is 0.607 bits per heavy atom. The average Bonchev–Trinajstić information content (AvgIpc) is 0.829. The van der Waals surface area contributed by atoms with E-state index in [0.29, 0.717) is 0 Å². The molecule has 24 nitrogen and oxygen atoms in total. The summed E-state index contributed by atoms with van der Waals surface area (Å²) in [5.41, 5.74) is 0.125. The zero-order valence-corrected chi connectivity index (χ0v) is 54.3. The number of carbonyl (C=O) groups is 12. The molecule has 0 saturated heterocycles. The van der Waals surface area contributed by atoms with Crippen LogP contribution in [0.25, 0.3) is 0 Å². The van der Waals surface area contributed by atoms with Gasteiger partial charge in [0.1, 0.15) is 92.1 Å². The standard InChI is InChI=1S/C10H11F5O4.C10H12F4O4.2C9H9F5O4.C9H10F4O4.C8H7F5O4/c1-6(2)7(16)18-3-4-19-8(17)9(11,12)5-10(13,14)15;1-6(2)8(15)17-3-4-18-9(16)10(13,14)5-7(11)12;1-5(2)6(15)17-3-4-18-7(16)8(10,11)9(12,13)14;1-2-6(15)17-3-4-18-7(16)8(10,11)5-9(12,13)14;1-2-7(14)16-3-4-17-8(15)9(12,13)5-6(10)11;1-2-5(14)16-3-4-17-6(15)7(9,10)8(11,12)13/h1,3-5H2,2H3;7H,1,3-5H2,2H3;1,3-4H2,2H3;2H,1,3-5H2;2,6H,1,3-5H2;2H,1,3-4H2. The molecule has 0 rings (SSSR count). The highest BCUT2D eigenvalue weighted by Gasteiger charge is 2.66. The van der Waals surface area contributed by atoms with Crippen molar-refractivity contribution in [2.75, 3.05) is 79.3 Å². The van der Waals surface area contributed by atoms with Gasteiger partial charge in [0.15, 0.2) is 0 Å². The summed E-state index contributed by atoms with van der Waals surface area (Å²) >= 11 is 0. The second-order valence-electron chi connectivity index (χ2n) is 18.4. The van der Waals surface area contributed by atoms with Crippen LogP contribution in [0, 0.1) is 0 Å². The number of hydrogen-bond acceptors (Lipinski definition) is 24. The zero-order chi connectivity index (χ0) is 85.7. The molecule has 0 fully saturated rings. The van der Waals surface area contributed by atoms with E-state index in [1.54, 1.807) is 0 Å². The summed E-state index contributed by atoms with van der Waals surface area (Å²) in [5, 5.41) is 0. The van der Waals surface area contributed by atoms with E-state index >= 15 is 0 Å². The van der Waals surface area contributed by atoms with Crippen LogP contribution in [0.2, 0.25) is 0 Å². The number of esters is 12. The first-order valence-electron chi connectivity index (χ1n) is 27.1. The topological polar surface area (TPSA) is 316 Å². The van der Waals surface area contributed by atoms with Crippen molar-refractivity contribution >= 4 is 71.6 Å². The molecule has 0 bridgehead atoms. The number of alkyl halides is 28. The lowest BCUT2D eigenvalue weighted by Crippen LogP contribution is -2.45. The van der Waals surface area contributed by atoms with Gasteiger partial charge in [-0.2, -0.15) is 105 Å². The normalized spacial score (nSPS) is 11.6. The lowest BCUT2D eigenvalue weighted by atomic mass is 10.2. The molecule has 618 valence electrons. The van der Waals surface area contributed by atoms with E-state index in [2.05, 4.69) is 96.3 Å². The van der Waals surface area contributed by atoms with Crippen LogP contribution in [0.3, 0.4) is 0 Å². The van der Waals surface area contributed by atoms with Crippen molar-refractivity contribution in [3.05, 3.63) is 74.4 Å². The quantitative estimate of drug-likeness (QED) is 0.0185. The van der Waals surface area contributed by atoms with Crippen molar-refractivity contribution in [1.29, 1.82) is 0 Å². The molecular formula is C55H58F28O24. The molecule has 0 aliphatic rings. The van der Waals surface area contributed by atoms with Gasteiger partial charge in [0.25, 0.3) is 0 Å². The van der Waals surface area contributed by atoms with Gasteiger partial charge in [-0.25, -0.2) is 75.1 Å². The van der Waals surface area contributed by atoms with Crippen LogP contribution in [-0.2, 0) is 114 Å². The first-order chi connectivity index (χ1) is 48.1. The Balaban J connectivity index is -0.000000286. The average molecular weight is 1630 g/mol. The van der Waals surface area contributed by atoms with Crippen LogP contribution < -0.4 is 0 Å². The maximum absolute atomic E-state index is 12.7. The van der Waals surface area contributed by atoms with E-state index in [0.717, 1.165) is 18.2 Å². The molecule has 0 aromatic carbocycles. The zero-order valence-electron chi connectivity index (χ0n) is 54.3. The second kappa shape index (κ2) is 49.8. The van der Waals surface area contributed by atoms with Crippen molar-refractivity contribution in [3.8, 4) is 0 Å². The molecule has 0 amide bonds. The van der Waals surface area contributed by atoms with Crippen molar-refractivity contribution < 1.29 is 237 Å². The fraction of sp³-hybridized carbons (Fsp3) is 0.564. The Hall–Kier alpha value is -9.88. The van der Waals surface area contributed by atoms with Gasteiger partial charge in [-0.3, -0.25) is 0 Å². The van der Waals surface area contributed by atoms with Gasteiger partial charge in [0, 0.05) is 34.9 Å². The lowest BCUT2D eigenvalue weighted by Gasteiger charge is -2.17. The minimum atomic E-state index is -6.03. The van der Waals surface area contributed by atoms with E-state index in [1.165, 1.54) is 20.8 Å². The number of hydrogen-bond donors (Lipinski definition) is 0. The lowest BCUT2D eigenvalue weighted by molar-refractivity contribution is -0.281. The summed E-state index contributed by atoms with van der Waals surface area (Å²) in [6, 6.07) is 0. The molecule has 0 aliphatic heterocycles. The van der Waals surface area contributed by atoms with E-state index in [1.807, 2.05) is 0 Å². The van der Waals surface area contributed by atoms with Gasteiger partial charge >= 0.3 is 132 Å². The highest BCUT2D eigenvalue weighted by Crippen LogP contribution is 2.38. The number of halogens is 28. The third-order valence-electron chi connectivity index (χ3n) is 8.96. The monoisotopic (exact) mass is 1630 g/mol. The summed E-state index contributed by atoms with van der Waals surface area (Å²) in [6.07, 6.45) is -35.8. The summed E-state index contributed by atoms with van der Waals surface area (Å²) < 4.78 is 386. The first kappa shape index (κ1) is 108. The van der Waals surface area contributed by atoms with Crippen LogP contribution in [0.1, 0.15) is 46.5 Å². The molecule has 0 spiro atoms. The smallest absolute Gasteiger partial charge is 0.459 e. The Morgan fingerprint density at radius 1 is 0.280 bits per heavy atom. The summed E-state index contributed by atoms with van der Waals surface area (Å²) in [4.78, 5) is 127. The molecule has 107 heavy (non-hydrogen) atoms. The second-order valence-corrected chi connectivity index (χ2v) is 18.4.